The Balaban J connectivity index is 2.70. The van der Waals surface area contributed by atoms with E-state index < -0.39 is 5.60 Å². The highest BCUT2D eigenvalue weighted by molar-refractivity contribution is 4.92. The van der Waals surface area contributed by atoms with Gasteiger partial charge >= 0.3 is 0 Å². The van der Waals surface area contributed by atoms with Crippen molar-refractivity contribution in [1.82, 2.24) is 0 Å². The average Bonchev–Trinajstić information content (AvgIpc) is 1.82. The third-order valence-electron chi connectivity index (χ3n) is 2.53. The summed E-state index contributed by atoms with van der Waals surface area (Å²) in [5.74, 6) is 0. The van der Waals surface area contributed by atoms with Crippen molar-refractivity contribution in [3.63, 3.8) is 0 Å². The fourth-order valence-electron chi connectivity index (χ4n) is 2.43. The van der Waals surface area contributed by atoms with Gasteiger partial charge in [0.1, 0.15) is 5.60 Å². The minimum atomic E-state index is -0.568. The van der Waals surface area contributed by atoms with Gasteiger partial charge in [0.2, 0.25) is 0 Å². The van der Waals surface area contributed by atoms with Crippen molar-refractivity contribution in [1.29, 1.82) is 0 Å². The first-order valence-electron chi connectivity index (χ1n) is 4.38. The maximum absolute atomic E-state index is 9.52. The van der Waals surface area contributed by atoms with Crippen LogP contribution in [0.15, 0.2) is 0 Å². The second-order valence-corrected chi connectivity index (χ2v) is 4.94. The van der Waals surface area contributed by atoms with E-state index in [1.165, 1.54) is 0 Å². The van der Waals surface area contributed by atoms with E-state index in [-0.39, 0.29) is 11.5 Å². The Morgan fingerprint density at radius 1 is 1.25 bits per heavy atom. The Morgan fingerprint density at radius 3 is 2.25 bits per heavy atom. The summed E-state index contributed by atoms with van der Waals surface area (Å²) in [4.78, 5) is 4.42. The molecule has 0 spiro atoms. The standard InChI is InChI=1S/C9H18O3/c1-8(2)4-7(10)5-9(3,6-8)12-11/h7,10-11H,4-6H2,1-3H3. The van der Waals surface area contributed by atoms with Crippen molar-refractivity contribution in [2.45, 2.75) is 51.7 Å². The lowest BCUT2D eigenvalue weighted by molar-refractivity contribution is -0.337. The maximum atomic E-state index is 9.52. The van der Waals surface area contributed by atoms with Crippen LogP contribution in [-0.4, -0.2) is 22.1 Å². The normalized spacial score (nSPS) is 41.2. The lowest BCUT2D eigenvalue weighted by atomic mass is 9.69. The van der Waals surface area contributed by atoms with E-state index >= 15 is 0 Å². The molecule has 1 aliphatic rings. The summed E-state index contributed by atoms with van der Waals surface area (Å²) in [6.07, 6.45) is 1.73. The van der Waals surface area contributed by atoms with Crippen LogP contribution in [0.4, 0.5) is 0 Å². The zero-order valence-corrected chi connectivity index (χ0v) is 8.00. The Kier molecular flexibility index (Phi) is 2.47. The first kappa shape index (κ1) is 9.96. The molecule has 2 unspecified atom stereocenters. The smallest absolute Gasteiger partial charge is 0.103 e. The van der Waals surface area contributed by atoms with E-state index in [1.807, 2.05) is 6.92 Å². The maximum Gasteiger partial charge on any atom is 0.103 e. The molecule has 1 rings (SSSR count). The van der Waals surface area contributed by atoms with Gasteiger partial charge in [-0.3, -0.25) is 5.26 Å². The molecule has 1 fully saturated rings. The molecule has 0 aromatic heterocycles. The molecular formula is C9H18O3. The van der Waals surface area contributed by atoms with Crippen LogP contribution in [0, 0.1) is 5.41 Å². The first-order valence-corrected chi connectivity index (χ1v) is 4.38. The van der Waals surface area contributed by atoms with Gasteiger partial charge in [-0.2, -0.15) is 0 Å². The van der Waals surface area contributed by atoms with Crippen LogP contribution in [0.3, 0.4) is 0 Å². The molecule has 0 amide bonds. The zero-order valence-electron chi connectivity index (χ0n) is 8.00. The summed E-state index contributed by atoms with van der Waals surface area (Å²) < 4.78 is 0. The van der Waals surface area contributed by atoms with Gasteiger partial charge in [0.05, 0.1) is 6.10 Å². The average molecular weight is 174 g/mol. The molecule has 3 nitrogen and oxygen atoms in total. The van der Waals surface area contributed by atoms with Crippen molar-refractivity contribution >= 4 is 0 Å². The summed E-state index contributed by atoms with van der Waals surface area (Å²) in [5, 5.41) is 18.2. The largest absolute Gasteiger partial charge is 0.393 e. The molecule has 2 atom stereocenters. The van der Waals surface area contributed by atoms with Crippen LogP contribution in [0.1, 0.15) is 40.0 Å². The molecule has 1 saturated carbocycles. The van der Waals surface area contributed by atoms with E-state index in [1.54, 1.807) is 0 Å². The Bertz CT molecular complexity index is 167. The van der Waals surface area contributed by atoms with Crippen LogP contribution in [0.5, 0.6) is 0 Å². The first-order chi connectivity index (χ1) is 5.37. The minimum Gasteiger partial charge on any atom is -0.393 e. The second kappa shape index (κ2) is 2.98. The van der Waals surface area contributed by atoms with Crippen molar-refractivity contribution < 1.29 is 15.3 Å². The second-order valence-electron chi connectivity index (χ2n) is 4.94. The van der Waals surface area contributed by atoms with E-state index in [0.29, 0.717) is 6.42 Å². The van der Waals surface area contributed by atoms with Crippen molar-refractivity contribution in [3.05, 3.63) is 0 Å². The number of hydrogen-bond acceptors (Lipinski definition) is 3. The molecule has 0 saturated heterocycles. The molecule has 0 bridgehead atoms. The molecular weight excluding hydrogens is 156 g/mol. The third kappa shape index (κ3) is 2.19. The highest BCUT2D eigenvalue weighted by Gasteiger charge is 2.41. The van der Waals surface area contributed by atoms with Crippen molar-refractivity contribution in [3.8, 4) is 0 Å². The van der Waals surface area contributed by atoms with Crippen LogP contribution in [0.2, 0.25) is 0 Å². The molecule has 0 aromatic carbocycles. The molecule has 3 heteroatoms. The van der Waals surface area contributed by atoms with Crippen LogP contribution < -0.4 is 0 Å². The molecule has 12 heavy (non-hydrogen) atoms. The monoisotopic (exact) mass is 174 g/mol. The van der Waals surface area contributed by atoms with Gasteiger partial charge in [0.25, 0.3) is 0 Å². The van der Waals surface area contributed by atoms with Gasteiger partial charge in [-0.25, -0.2) is 4.89 Å². The Morgan fingerprint density at radius 2 is 1.83 bits per heavy atom. The van der Waals surface area contributed by atoms with E-state index in [0.717, 1.165) is 12.8 Å². The number of hydrogen-bond donors (Lipinski definition) is 2. The molecule has 0 heterocycles. The van der Waals surface area contributed by atoms with Gasteiger partial charge in [0.15, 0.2) is 0 Å². The third-order valence-corrected chi connectivity index (χ3v) is 2.53. The summed E-state index contributed by atoms with van der Waals surface area (Å²) in [5.41, 5.74) is -0.518. The predicted octanol–water partition coefficient (Wildman–Crippen LogP) is 1.81. The topological polar surface area (TPSA) is 49.7 Å². The van der Waals surface area contributed by atoms with Crippen LogP contribution in [-0.2, 0) is 4.89 Å². The summed E-state index contributed by atoms with van der Waals surface area (Å²) in [6, 6.07) is 0. The van der Waals surface area contributed by atoms with Crippen molar-refractivity contribution in [2.75, 3.05) is 0 Å². The predicted molar refractivity (Wildman–Crippen MR) is 45.8 cm³/mol. The summed E-state index contributed by atoms with van der Waals surface area (Å²) in [7, 11) is 0. The molecule has 0 radical (unpaired) electrons. The van der Waals surface area contributed by atoms with Gasteiger partial charge < -0.3 is 5.11 Å². The highest BCUT2D eigenvalue weighted by Crippen LogP contribution is 2.42. The van der Waals surface area contributed by atoms with Crippen LogP contribution in [0.25, 0.3) is 0 Å². The van der Waals surface area contributed by atoms with E-state index in [2.05, 4.69) is 18.7 Å². The van der Waals surface area contributed by atoms with Gasteiger partial charge in [-0.05, 0) is 25.2 Å². The molecule has 0 aromatic rings. The van der Waals surface area contributed by atoms with E-state index in [9.17, 15) is 5.11 Å². The van der Waals surface area contributed by atoms with E-state index in [4.69, 9.17) is 5.26 Å². The fraction of sp³-hybridized carbons (Fsp3) is 1.00. The van der Waals surface area contributed by atoms with Gasteiger partial charge in [-0.15, -0.1) is 0 Å². The Labute approximate surface area is 73.3 Å². The van der Waals surface area contributed by atoms with Crippen LogP contribution >= 0.6 is 0 Å². The van der Waals surface area contributed by atoms with Crippen molar-refractivity contribution in [2.24, 2.45) is 5.41 Å². The quantitative estimate of drug-likeness (QED) is 0.471. The number of rotatable bonds is 1. The molecule has 72 valence electrons. The molecule has 0 aliphatic heterocycles. The lowest BCUT2D eigenvalue weighted by Crippen LogP contribution is -2.44. The van der Waals surface area contributed by atoms with Gasteiger partial charge in [-0.1, -0.05) is 13.8 Å². The molecule has 2 N–H and O–H groups in total. The Hall–Kier alpha value is -0.120. The minimum absolute atomic E-state index is 0.0507. The number of aliphatic hydroxyl groups excluding tert-OH is 1. The lowest BCUT2D eigenvalue weighted by Gasteiger charge is -2.42. The highest BCUT2D eigenvalue weighted by atomic mass is 17.1. The number of aliphatic hydroxyl groups is 1. The fourth-order valence-corrected chi connectivity index (χ4v) is 2.43. The summed E-state index contributed by atoms with van der Waals surface area (Å²) >= 11 is 0. The SMILES string of the molecule is CC1(C)CC(O)CC(C)(OO)C1. The summed E-state index contributed by atoms with van der Waals surface area (Å²) in [6.45, 7) is 5.98. The molecule has 1 aliphatic carbocycles. The zero-order chi connectivity index (χ0) is 9.41. The van der Waals surface area contributed by atoms with Gasteiger partial charge in [0, 0.05) is 6.42 Å².